The quantitative estimate of drug-likeness (QED) is 0.552. The maximum absolute atomic E-state index is 14.0. The topological polar surface area (TPSA) is 68.5 Å². The molecule has 0 aliphatic heterocycles. The van der Waals surface area contributed by atoms with E-state index in [1.54, 1.807) is 12.3 Å². The smallest absolute Gasteiger partial charge is 0.261 e. The van der Waals surface area contributed by atoms with Gasteiger partial charge in [-0.2, -0.15) is 9.49 Å². The molecule has 0 fully saturated rings. The molecule has 0 atom stereocenters. The van der Waals surface area contributed by atoms with Gasteiger partial charge in [-0.05, 0) is 30.2 Å². The van der Waals surface area contributed by atoms with E-state index < -0.39 is 11.9 Å². The van der Waals surface area contributed by atoms with E-state index in [1.807, 2.05) is 43.3 Å². The number of amides is 1. The second-order valence-electron chi connectivity index (χ2n) is 6.01. The molecule has 0 unspecified atom stereocenters. The van der Waals surface area contributed by atoms with Crippen molar-refractivity contribution in [1.29, 1.82) is 0 Å². The Morgan fingerprint density at radius 3 is 2.63 bits per heavy atom. The highest BCUT2D eigenvalue weighted by Gasteiger charge is 2.17. The zero-order chi connectivity index (χ0) is 19.4. The van der Waals surface area contributed by atoms with Gasteiger partial charge in [-0.3, -0.25) is 4.79 Å². The third-order valence-corrected chi connectivity index (χ3v) is 4.06. The first-order valence-electron chi connectivity index (χ1n) is 8.26. The Labute approximate surface area is 156 Å². The van der Waals surface area contributed by atoms with Crippen LogP contribution in [0.4, 0.5) is 10.1 Å². The van der Waals surface area contributed by atoms with Gasteiger partial charge >= 0.3 is 0 Å². The van der Waals surface area contributed by atoms with Crippen molar-refractivity contribution in [3.8, 4) is 11.1 Å². The van der Waals surface area contributed by atoms with Crippen LogP contribution < -0.4 is 5.32 Å². The number of rotatable bonds is 5. The summed E-state index contributed by atoms with van der Waals surface area (Å²) >= 11 is 0. The molecule has 3 aromatic rings. The lowest BCUT2D eigenvalue weighted by Crippen LogP contribution is -2.14. The number of hydrogen-bond acceptors (Lipinski definition) is 4. The van der Waals surface area contributed by atoms with Gasteiger partial charge in [0.25, 0.3) is 5.91 Å². The van der Waals surface area contributed by atoms with E-state index >= 15 is 0 Å². The first kappa shape index (κ1) is 18.3. The fourth-order valence-corrected chi connectivity index (χ4v) is 2.63. The van der Waals surface area contributed by atoms with Crippen LogP contribution in [0, 0.1) is 12.9 Å². The van der Waals surface area contributed by atoms with Crippen molar-refractivity contribution in [1.82, 2.24) is 9.78 Å². The van der Waals surface area contributed by atoms with Gasteiger partial charge in [0.15, 0.2) is 0 Å². The normalized spacial score (nSPS) is 11.0. The number of aryl methyl sites for hydroxylation is 2. The molecule has 2 aromatic carbocycles. The molecular formula is C20H19FN4O2. The SMILES string of the molecule is CO/N=C/c1ccc(-c2cc(C)ccc2NC(=O)c2cnn(C)c2F)cc1. The number of hydrogen-bond donors (Lipinski definition) is 1. The molecule has 0 saturated heterocycles. The Morgan fingerprint density at radius 2 is 2.00 bits per heavy atom. The lowest BCUT2D eigenvalue weighted by molar-refractivity contribution is 0.102. The van der Waals surface area contributed by atoms with Crippen LogP contribution in [0.15, 0.2) is 53.8 Å². The second-order valence-corrected chi connectivity index (χ2v) is 6.01. The molecular weight excluding hydrogens is 347 g/mol. The predicted molar refractivity (Wildman–Crippen MR) is 102 cm³/mol. The highest BCUT2D eigenvalue weighted by molar-refractivity contribution is 6.06. The molecule has 138 valence electrons. The molecule has 0 radical (unpaired) electrons. The van der Waals surface area contributed by atoms with Crippen molar-refractivity contribution < 1.29 is 14.0 Å². The summed E-state index contributed by atoms with van der Waals surface area (Å²) in [4.78, 5) is 17.1. The van der Waals surface area contributed by atoms with Crippen molar-refractivity contribution in [3.63, 3.8) is 0 Å². The number of benzene rings is 2. The van der Waals surface area contributed by atoms with Gasteiger partial charge in [0, 0.05) is 18.3 Å². The predicted octanol–water partition coefficient (Wildman–Crippen LogP) is 3.77. The van der Waals surface area contributed by atoms with Crippen LogP contribution in [0.25, 0.3) is 11.1 Å². The molecule has 1 heterocycles. The van der Waals surface area contributed by atoms with Crippen molar-refractivity contribution in [2.45, 2.75) is 6.92 Å². The number of nitrogens with one attached hydrogen (secondary N) is 1. The highest BCUT2D eigenvalue weighted by atomic mass is 19.1. The third-order valence-electron chi connectivity index (χ3n) is 4.06. The average Bonchev–Trinajstić information content (AvgIpc) is 3.01. The molecule has 0 aliphatic carbocycles. The molecule has 6 nitrogen and oxygen atoms in total. The van der Waals surface area contributed by atoms with E-state index in [2.05, 4.69) is 20.4 Å². The maximum atomic E-state index is 14.0. The Bertz CT molecular complexity index is 994. The summed E-state index contributed by atoms with van der Waals surface area (Å²) in [7, 11) is 2.93. The van der Waals surface area contributed by atoms with Crippen molar-refractivity contribution in [2.24, 2.45) is 12.2 Å². The summed E-state index contributed by atoms with van der Waals surface area (Å²) in [6.07, 6.45) is 2.82. The number of carbonyl (C=O) groups excluding carboxylic acids is 1. The minimum atomic E-state index is -0.678. The van der Waals surface area contributed by atoms with Crippen LogP contribution in [-0.2, 0) is 11.9 Å². The lowest BCUT2D eigenvalue weighted by atomic mass is 10.00. The zero-order valence-electron chi connectivity index (χ0n) is 15.2. The molecule has 3 rings (SSSR count). The van der Waals surface area contributed by atoms with Crippen LogP contribution in [0.2, 0.25) is 0 Å². The van der Waals surface area contributed by atoms with E-state index in [-0.39, 0.29) is 5.56 Å². The summed E-state index contributed by atoms with van der Waals surface area (Å²) < 4.78 is 15.0. The van der Waals surface area contributed by atoms with Crippen LogP contribution in [0.5, 0.6) is 0 Å². The van der Waals surface area contributed by atoms with Crippen molar-refractivity contribution >= 4 is 17.8 Å². The monoisotopic (exact) mass is 366 g/mol. The molecule has 1 amide bonds. The van der Waals surface area contributed by atoms with Crippen LogP contribution in [-0.4, -0.2) is 29.0 Å². The summed E-state index contributed by atoms with van der Waals surface area (Å²) in [5, 5.41) is 10.3. The zero-order valence-corrected chi connectivity index (χ0v) is 15.2. The number of aromatic nitrogens is 2. The number of anilines is 1. The summed E-state index contributed by atoms with van der Waals surface area (Å²) in [6.45, 7) is 1.97. The Balaban J connectivity index is 1.92. The Morgan fingerprint density at radius 1 is 1.26 bits per heavy atom. The number of carbonyl (C=O) groups is 1. The van der Waals surface area contributed by atoms with Crippen molar-refractivity contribution in [2.75, 3.05) is 12.4 Å². The van der Waals surface area contributed by atoms with Crippen LogP contribution in [0.1, 0.15) is 21.5 Å². The number of nitrogens with zero attached hydrogens (tertiary/aromatic N) is 3. The molecule has 1 N–H and O–H groups in total. The van der Waals surface area contributed by atoms with E-state index in [1.165, 1.54) is 20.4 Å². The molecule has 0 bridgehead atoms. The Hall–Kier alpha value is -3.48. The molecule has 0 spiro atoms. The average molecular weight is 366 g/mol. The minimum absolute atomic E-state index is 0.102. The molecule has 27 heavy (non-hydrogen) atoms. The van der Waals surface area contributed by atoms with Crippen molar-refractivity contribution in [3.05, 3.63) is 71.3 Å². The van der Waals surface area contributed by atoms with Gasteiger partial charge in [-0.15, -0.1) is 0 Å². The first-order chi connectivity index (χ1) is 13.0. The lowest BCUT2D eigenvalue weighted by Gasteiger charge is -2.12. The summed E-state index contributed by atoms with van der Waals surface area (Å²) in [6, 6.07) is 13.3. The van der Waals surface area contributed by atoms with E-state index in [9.17, 15) is 9.18 Å². The fourth-order valence-electron chi connectivity index (χ4n) is 2.63. The fraction of sp³-hybridized carbons (Fsp3) is 0.150. The maximum Gasteiger partial charge on any atom is 0.261 e. The standard InChI is InChI=1S/C20H19FN4O2/c1-13-4-9-18(24-20(26)17-12-22-25(2)19(17)21)16(10-13)15-7-5-14(6-8-15)11-23-27-3/h4-12H,1-3H3,(H,24,26)/b23-11+. The van der Waals surface area contributed by atoms with Gasteiger partial charge in [-0.1, -0.05) is 41.1 Å². The van der Waals surface area contributed by atoms with Gasteiger partial charge in [0.1, 0.15) is 12.7 Å². The van der Waals surface area contributed by atoms with E-state index in [0.717, 1.165) is 26.9 Å². The molecule has 0 aliphatic rings. The molecule has 7 heteroatoms. The van der Waals surface area contributed by atoms with Gasteiger partial charge in [-0.25, -0.2) is 4.68 Å². The highest BCUT2D eigenvalue weighted by Crippen LogP contribution is 2.30. The largest absolute Gasteiger partial charge is 0.399 e. The third kappa shape index (κ3) is 4.03. The van der Waals surface area contributed by atoms with Gasteiger partial charge < -0.3 is 10.2 Å². The summed E-state index contributed by atoms with van der Waals surface area (Å²) in [5.74, 6) is -1.22. The molecule has 0 saturated carbocycles. The van der Waals surface area contributed by atoms with E-state index in [0.29, 0.717) is 5.69 Å². The minimum Gasteiger partial charge on any atom is -0.399 e. The first-order valence-corrected chi connectivity index (χ1v) is 8.26. The Kier molecular flexibility index (Phi) is 5.30. The van der Waals surface area contributed by atoms with Crippen LogP contribution in [0.3, 0.4) is 0 Å². The van der Waals surface area contributed by atoms with Crippen LogP contribution >= 0.6 is 0 Å². The van der Waals surface area contributed by atoms with Gasteiger partial charge in [0.05, 0.1) is 12.4 Å². The number of oxime groups is 1. The number of halogens is 1. The molecule has 1 aromatic heterocycles. The second kappa shape index (κ2) is 7.82. The summed E-state index contributed by atoms with van der Waals surface area (Å²) in [5.41, 5.74) is 4.16. The van der Waals surface area contributed by atoms with Gasteiger partial charge in [0.2, 0.25) is 5.95 Å². The van der Waals surface area contributed by atoms with E-state index in [4.69, 9.17) is 0 Å².